The Hall–Kier alpha value is -4.25. The number of nitrogens with one attached hydrogen (secondary N) is 3. The molecule has 0 saturated carbocycles. The number of phenols is 1. The predicted octanol–water partition coefficient (Wildman–Crippen LogP) is 2.69. The van der Waals surface area contributed by atoms with Crippen LogP contribution in [0.4, 0.5) is 5.95 Å². The van der Waals surface area contributed by atoms with E-state index >= 15 is 0 Å². The SMILES string of the molecule is COC(=O)[C@H](CNC(=O)c1cccs1)NC(=O)c1c(C)nc(NC/C=C\c2ccc(O)cc2)nc1C. The third kappa shape index (κ3) is 7.12. The molecule has 0 aliphatic rings. The molecular weight excluding hydrogens is 482 g/mol. The molecule has 3 rings (SSSR count). The highest BCUT2D eigenvalue weighted by atomic mass is 32.1. The third-order valence-corrected chi connectivity index (χ3v) is 5.95. The number of benzene rings is 1. The van der Waals surface area contributed by atoms with E-state index in [1.807, 2.05) is 12.2 Å². The van der Waals surface area contributed by atoms with Crippen LogP contribution in [-0.4, -0.2) is 59.1 Å². The largest absolute Gasteiger partial charge is 0.508 e. The zero-order valence-corrected chi connectivity index (χ0v) is 20.9. The molecule has 11 heteroatoms. The molecule has 0 aliphatic carbocycles. The van der Waals surface area contributed by atoms with Crippen molar-refractivity contribution in [1.29, 1.82) is 0 Å². The highest BCUT2D eigenvalue weighted by Crippen LogP contribution is 2.14. The van der Waals surface area contributed by atoms with E-state index in [1.54, 1.807) is 55.6 Å². The van der Waals surface area contributed by atoms with Crippen molar-refractivity contribution in [2.45, 2.75) is 19.9 Å². The van der Waals surface area contributed by atoms with E-state index < -0.39 is 17.9 Å². The zero-order chi connectivity index (χ0) is 26.1. The van der Waals surface area contributed by atoms with Gasteiger partial charge in [0.1, 0.15) is 11.8 Å². The number of carbonyl (C=O) groups is 3. The molecule has 2 aromatic heterocycles. The minimum absolute atomic E-state index is 0.138. The summed E-state index contributed by atoms with van der Waals surface area (Å²) in [6.07, 6.45) is 3.77. The quantitative estimate of drug-likeness (QED) is 0.306. The number of ether oxygens (including phenoxy) is 1. The summed E-state index contributed by atoms with van der Waals surface area (Å²) in [5.41, 5.74) is 2.02. The van der Waals surface area contributed by atoms with E-state index in [0.717, 1.165) is 5.56 Å². The van der Waals surface area contributed by atoms with Crippen molar-refractivity contribution in [3.63, 3.8) is 0 Å². The second-order valence-corrected chi connectivity index (χ2v) is 8.65. The van der Waals surface area contributed by atoms with Gasteiger partial charge in [-0.3, -0.25) is 9.59 Å². The van der Waals surface area contributed by atoms with E-state index in [0.29, 0.717) is 28.8 Å². The second kappa shape index (κ2) is 12.5. The molecule has 0 radical (unpaired) electrons. The van der Waals surface area contributed by atoms with E-state index in [4.69, 9.17) is 4.74 Å². The van der Waals surface area contributed by atoms with Gasteiger partial charge < -0.3 is 25.8 Å². The second-order valence-electron chi connectivity index (χ2n) is 7.70. The lowest BCUT2D eigenvalue weighted by molar-refractivity contribution is -0.142. The highest BCUT2D eigenvalue weighted by molar-refractivity contribution is 7.12. The summed E-state index contributed by atoms with van der Waals surface area (Å²) < 4.78 is 4.78. The van der Waals surface area contributed by atoms with Gasteiger partial charge >= 0.3 is 5.97 Å². The summed E-state index contributed by atoms with van der Waals surface area (Å²) in [5, 5.41) is 19.4. The number of aromatic hydroxyl groups is 1. The summed E-state index contributed by atoms with van der Waals surface area (Å²) in [6, 6.07) is 9.11. The number of hydrogen-bond donors (Lipinski definition) is 4. The number of thiophene rings is 1. The van der Waals surface area contributed by atoms with Gasteiger partial charge in [0.15, 0.2) is 0 Å². The molecule has 0 saturated heterocycles. The smallest absolute Gasteiger partial charge is 0.330 e. The van der Waals surface area contributed by atoms with E-state index in [-0.39, 0.29) is 23.8 Å². The van der Waals surface area contributed by atoms with Gasteiger partial charge in [0.25, 0.3) is 11.8 Å². The maximum absolute atomic E-state index is 13.0. The van der Waals surface area contributed by atoms with Crippen molar-refractivity contribution in [2.75, 3.05) is 25.5 Å². The van der Waals surface area contributed by atoms with Crippen LogP contribution >= 0.6 is 11.3 Å². The summed E-state index contributed by atoms with van der Waals surface area (Å²) in [5.74, 6) is -1.03. The van der Waals surface area contributed by atoms with E-state index in [9.17, 15) is 19.5 Å². The number of nitrogens with zero attached hydrogens (tertiary/aromatic N) is 2. The maximum atomic E-state index is 13.0. The number of rotatable bonds is 10. The van der Waals surface area contributed by atoms with Gasteiger partial charge in [-0.05, 0) is 43.0 Å². The molecular formula is C25H27N5O5S. The number of amides is 2. The van der Waals surface area contributed by atoms with Crippen molar-refractivity contribution in [2.24, 2.45) is 0 Å². The molecule has 1 aromatic carbocycles. The van der Waals surface area contributed by atoms with Gasteiger partial charge in [-0.25, -0.2) is 14.8 Å². The fourth-order valence-corrected chi connectivity index (χ4v) is 3.95. The van der Waals surface area contributed by atoms with Gasteiger partial charge in [-0.15, -0.1) is 11.3 Å². The number of hydrogen-bond acceptors (Lipinski definition) is 9. The van der Waals surface area contributed by atoms with Crippen LogP contribution in [0.2, 0.25) is 0 Å². The molecule has 2 amide bonds. The number of phenolic OH excluding ortho intramolecular Hbond substituents is 1. The first-order chi connectivity index (χ1) is 17.3. The van der Waals surface area contributed by atoms with Crippen LogP contribution in [0.15, 0.2) is 47.9 Å². The molecule has 0 spiro atoms. The molecule has 3 aromatic rings. The molecule has 188 valence electrons. The molecule has 36 heavy (non-hydrogen) atoms. The lowest BCUT2D eigenvalue weighted by Gasteiger charge is -2.18. The maximum Gasteiger partial charge on any atom is 0.330 e. The molecule has 4 N–H and O–H groups in total. The highest BCUT2D eigenvalue weighted by Gasteiger charge is 2.25. The van der Waals surface area contributed by atoms with Crippen LogP contribution in [0, 0.1) is 13.8 Å². The molecule has 0 bridgehead atoms. The zero-order valence-electron chi connectivity index (χ0n) is 20.1. The Labute approximate surface area is 212 Å². The van der Waals surface area contributed by atoms with Crippen LogP contribution in [0.5, 0.6) is 5.75 Å². The van der Waals surface area contributed by atoms with Crippen LogP contribution < -0.4 is 16.0 Å². The fraction of sp³-hybridized carbons (Fsp3) is 0.240. The first kappa shape index (κ1) is 26.4. The van der Waals surface area contributed by atoms with E-state index in [1.165, 1.54) is 18.4 Å². The molecule has 10 nitrogen and oxygen atoms in total. The van der Waals surface area contributed by atoms with Crippen LogP contribution in [-0.2, 0) is 9.53 Å². The first-order valence-electron chi connectivity index (χ1n) is 11.0. The topological polar surface area (TPSA) is 143 Å². The van der Waals surface area contributed by atoms with Crippen molar-refractivity contribution in [1.82, 2.24) is 20.6 Å². The van der Waals surface area contributed by atoms with Crippen LogP contribution in [0.1, 0.15) is 37.0 Å². The monoisotopic (exact) mass is 509 g/mol. The van der Waals surface area contributed by atoms with Gasteiger partial charge in [0.2, 0.25) is 5.95 Å². The minimum Gasteiger partial charge on any atom is -0.508 e. The normalized spacial score (nSPS) is 11.6. The van der Waals surface area contributed by atoms with Gasteiger partial charge in [-0.1, -0.05) is 30.4 Å². The van der Waals surface area contributed by atoms with Crippen molar-refractivity contribution >= 4 is 41.1 Å². The minimum atomic E-state index is -1.09. The van der Waals surface area contributed by atoms with Crippen LogP contribution in [0.3, 0.4) is 0 Å². The van der Waals surface area contributed by atoms with E-state index in [2.05, 4.69) is 25.9 Å². The molecule has 0 fully saturated rings. The molecule has 0 aliphatic heterocycles. The van der Waals surface area contributed by atoms with Gasteiger partial charge in [0, 0.05) is 13.1 Å². The Bertz CT molecular complexity index is 1220. The summed E-state index contributed by atoms with van der Waals surface area (Å²) in [6.45, 7) is 3.65. The standard InChI is InChI=1S/C25H27N5O5S/c1-15-21(16(2)29-25(28-15)26-12-4-6-17-8-10-18(31)11-9-17)23(33)30-19(24(34)35-3)14-27-22(32)20-7-5-13-36-20/h4-11,13,19,31H,12,14H2,1-3H3,(H,27,32)(H,30,33)(H,26,28,29)/b6-4-/t19-/m0/s1. The summed E-state index contributed by atoms with van der Waals surface area (Å²) in [7, 11) is 1.21. The Morgan fingerprint density at radius 2 is 1.78 bits per heavy atom. The number of esters is 1. The Balaban J connectivity index is 1.62. The van der Waals surface area contributed by atoms with Gasteiger partial charge in [0.05, 0.1) is 28.9 Å². The number of methoxy groups -OCH3 is 1. The van der Waals surface area contributed by atoms with Crippen LogP contribution in [0.25, 0.3) is 6.08 Å². The Morgan fingerprint density at radius 3 is 2.39 bits per heavy atom. The average Bonchev–Trinajstić information content (AvgIpc) is 3.39. The Morgan fingerprint density at radius 1 is 1.08 bits per heavy atom. The first-order valence-corrected chi connectivity index (χ1v) is 11.9. The lowest BCUT2D eigenvalue weighted by Crippen LogP contribution is -2.49. The van der Waals surface area contributed by atoms with Gasteiger partial charge in [-0.2, -0.15) is 0 Å². The average molecular weight is 510 g/mol. The third-order valence-electron chi connectivity index (χ3n) is 5.08. The molecule has 1 atom stereocenters. The molecule has 0 unspecified atom stereocenters. The number of aryl methyl sites for hydroxylation is 2. The lowest BCUT2D eigenvalue weighted by atomic mass is 10.1. The predicted molar refractivity (Wildman–Crippen MR) is 137 cm³/mol. The summed E-state index contributed by atoms with van der Waals surface area (Å²) in [4.78, 5) is 46.6. The number of anilines is 1. The number of aromatic nitrogens is 2. The Kier molecular flexibility index (Phi) is 9.12. The summed E-state index contributed by atoms with van der Waals surface area (Å²) >= 11 is 1.27. The number of carbonyl (C=O) groups excluding carboxylic acids is 3. The molecule has 2 heterocycles. The van der Waals surface area contributed by atoms with Crippen molar-refractivity contribution < 1.29 is 24.2 Å². The fourth-order valence-electron chi connectivity index (χ4n) is 3.31. The van der Waals surface area contributed by atoms with Crippen molar-refractivity contribution in [3.8, 4) is 5.75 Å². The van der Waals surface area contributed by atoms with Crippen molar-refractivity contribution in [3.05, 3.63) is 75.2 Å².